The molecule has 2 aromatic carbocycles. The highest BCUT2D eigenvalue weighted by Gasteiger charge is 2.24. The summed E-state index contributed by atoms with van der Waals surface area (Å²) in [5.41, 5.74) is 2.65. The fourth-order valence-electron chi connectivity index (χ4n) is 5.11. The Morgan fingerprint density at radius 3 is 2.45 bits per heavy atom. The molecule has 17 heteroatoms. The van der Waals surface area contributed by atoms with Gasteiger partial charge in [-0.2, -0.15) is 10.4 Å². The number of hydrogen-bond acceptors (Lipinski definition) is 12. The molecule has 2 heterocycles. The van der Waals surface area contributed by atoms with E-state index in [4.69, 9.17) is 25.9 Å². The van der Waals surface area contributed by atoms with Gasteiger partial charge in [-0.05, 0) is 48.6 Å². The van der Waals surface area contributed by atoms with Crippen LogP contribution in [-0.2, 0) is 25.7 Å². The van der Waals surface area contributed by atoms with E-state index in [0.29, 0.717) is 71.5 Å². The number of terminal acetylenes is 1. The largest absolute Gasteiger partial charge is 0.496 e. The van der Waals surface area contributed by atoms with Crippen LogP contribution in [0.1, 0.15) is 50.8 Å². The first-order valence-electron chi connectivity index (χ1n) is 17.7. The highest BCUT2D eigenvalue weighted by Crippen LogP contribution is 2.38. The van der Waals surface area contributed by atoms with Crippen molar-refractivity contribution in [3.05, 3.63) is 72.2 Å². The number of H-pyrrole nitrogens is 1. The van der Waals surface area contributed by atoms with Crippen molar-refractivity contribution in [2.24, 2.45) is 5.92 Å². The number of carbonyl (C=O) groups is 4. The zero-order valence-electron chi connectivity index (χ0n) is 31.3. The third-order valence-electron chi connectivity index (χ3n) is 7.95. The van der Waals surface area contributed by atoms with Gasteiger partial charge in [0.15, 0.2) is 11.5 Å². The Morgan fingerprint density at radius 1 is 0.964 bits per heavy atom. The summed E-state index contributed by atoms with van der Waals surface area (Å²) in [6.07, 6.45) is 9.10. The lowest BCUT2D eigenvalue weighted by Gasteiger charge is -2.21. The number of ether oxygens (including phenoxy) is 3. The fourth-order valence-corrected chi connectivity index (χ4v) is 5.11. The number of amides is 4. The van der Waals surface area contributed by atoms with Gasteiger partial charge < -0.3 is 40.8 Å². The molecule has 4 amide bonds. The van der Waals surface area contributed by atoms with Gasteiger partial charge in [-0.25, -0.2) is 14.8 Å². The van der Waals surface area contributed by atoms with E-state index in [1.54, 1.807) is 69.5 Å². The number of unbranched alkanes of at least 4 members (excludes halogenated alkanes) is 1. The van der Waals surface area contributed by atoms with Crippen LogP contribution in [0, 0.1) is 29.6 Å². The number of alkyl carbamates (subject to hydrolysis) is 1. The molecule has 2 aromatic heterocycles. The second-order valence-corrected chi connectivity index (χ2v) is 12.5. The van der Waals surface area contributed by atoms with Crippen LogP contribution in [0.3, 0.4) is 0 Å². The number of benzene rings is 2. The first-order valence-corrected chi connectivity index (χ1v) is 17.7. The van der Waals surface area contributed by atoms with E-state index >= 15 is 0 Å². The molecule has 0 spiro atoms. The maximum absolute atomic E-state index is 12.7. The van der Waals surface area contributed by atoms with Gasteiger partial charge in [-0.1, -0.05) is 32.0 Å². The average molecular weight is 765 g/mol. The minimum absolute atomic E-state index is 0.00358. The van der Waals surface area contributed by atoms with Gasteiger partial charge in [-0.3, -0.25) is 19.5 Å². The van der Waals surface area contributed by atoms with E-state index in [0.717, 1.165) is 0 Å². The van der Waals surface area contributed by atoms with Crippen LogP contribution in [-0.4, -0.2) is 76.8 Å². The molecule has 0 bridgehead atoms. The summed E-state index contributed by atoms with van der Waals surface area (Å²) in [5, 5.41) is 29.9. The van der Waals surface area contributed by atoms with Crippen LogP contribution in [0.4, 0.5) is 22.1 Å². The zero-order valence-corrected chi connectivity index (χ0v) is 31.3. The molecule has 0 fully saturated rings. The second-order valence-electron chi connectivity index (χ2n) is 12.5. The molecule has 4 aromatic rings. The van der Waals surface area contributed by atoms with E-state index in [1.807, 2.05) is 6.07 Å². The molecule has 0 saturated carbocycles. The zero-order chi connectivity index (χ0) is 40.3. The monoisotopic (exact) mass is 764 g/mol. The van der Waals surface area contributed by atoms with Crippen LogP contribution in [0.15, 0.2) is 60.9 Å². The minimum atomic E-state index is -0.788. The van der Waals surface area contributed by atoms with Crippen molar-refractivity contribution in [3.8, 4) is 41.2 Å². The average Bonchev–Trinajstić information content (AvgIpc) is 3.66. The number of hydrogen-bond donors (Lipinski definition) is 6. The smallest absolute Gasteiger partial charge is 0.407 e. The standard InChI is InChI=1S/C39H44N10O7/c1-5-6-7-12-34(50)47-37(25(2)3)38(52)44-23-35(51)45-27-15-13-26(14-16-27)24-56-39(53)41-17-9-18-55-31-11-8-10-30(54-4)36(31)29-19-32(49-48-29)46-33-22-42-28(20-40)21-43-33/h1,8,10-11,13-16,19,21-22,25,37H,6-7,9,12,17-18,23-24H2,2-4H3,(H,41,53)(H,44,52)(H,45,51)(H,47,50)(H2,43,46,48,49). The summed E-state index contributed by atoms with van der Waals surface area (Å²) in [5.74, 6) is 3.08. The van der Waals surface area contributed by atoms with Gasteiger partial charge in [0, 0.05) is 31.1 Å². The number of aromatic nitrogens is 4. The molecular formula is C39H44N10O7. The van der Waals surface area contributed by atoms with Crippen molar-refractivity contribution >= 4 is 41.1 Å². The van der Waals surface area contributed by atoms with E-state index in [2.05, 4.69) is 52.7 Å². The normalized spacial score (nSPS) is 11.0. The van der Waals surface area contributed by atoms with Gasteiger partial charge in [-0.15, -0.1) is 12.3 Å². The maximum Gasteiger partial charge on any atom is 0.407 e. The summed E-state index contributed by atoms with van der Waals surface area (Å²) < 4.78 is 16.9. The first-order chi connectivity index (χ1) is 27.1. The van der Waals surface area contributed by atoms with Gasteiger partial charge in [0.2, 0.25) is 17.7 Å². The number of aromatic amines is 1. The van der Waals surface area contributed by atoms with Crippen molar-refractivity contribution in [1.82, 2.24) is 36.1 Å². The Morgan fingerprint density at radius 2 is 1.75 bits per heavy atom. The van der Waals surface area contributed by atoms with Gasteiger partial charge in [0.05, 0.1) is 43.9 Å². The third kappa shape index (κ3) is 13.1. The number of carbonyl (C=O) groups excluding carboxylic acids is 4. The Bertz CT molecular complexity index is 2020. The van der Waals surface area contributed by atoms with Crippen molar-refractivity contribution in [1.29, 1.82) is 5.26 Å². The van der Waals surface area contributed by atoms with Crippen LogP contribution in [0.5, 0.6) is 11.5 Å². The van der Waals surface area contributed by atoms with Crippen LogP contribution in [0.25, 0.3) is 11.3 Å². The van der Waals surface area contributed by atoms with Crippen molar-refractivity contribution in [2.75, 3.05) is 37.4 Å². The van der Waals surface area contributed by atoms with Crippen LogP contribution in [0.2, 0.25) is 0 Å². The predicted octanol–water partition coefficient (Wildman–Crippen LogP) is 4.18. The third-order valence-corrected chi connectivity index (χ3v) is 7.95. The number of nitrogens with one attached hydrogen (secondary N) is 6. The van der Waals surface area contributed by atoms with Gasteiger partial charge in [0.25, 0.3) is 0 Å². The second kappa shape index (κ2) is 21.5. The molecule has 292 valence electrons. The van der Waals surface area contributed by atoms with Crippen molar-refractivity contribution < 1.29 is 33.4 Å². The number of methoxy groups -OCH3 is 1. The van der Waals surface area contributed by atoms with Crippen LogP contribution < -0.4 is 36.1 Å². The topological polar surface area (TPSA) is 234 Å². The first kappa shape index (κ1) is 41.6. The molecule has 0 aliphatic heterocycles. The van der Waals surface area contributed by atoms with E-state index in [-0.39, 0.29) is 43.7 Å². The Labute approximate surface area is 324 Å². The van der Waals surface area contributed by atoms with Crippen molar-refractivity contribution in [3.63, 3.8) is 0 Å². The fraction of sp³-hybridized carbons (Fsp3) is 0.333. The molecule has 0 radical (unpaired) electrons. The Kier molecular flexibility index (Phi) is 16.0. The molecule has 0 aliphatic carbocycles. The number of anilines is 3. The molecule has 17 nitrogen and oxygen atoms in total. The summed E-state index contributed by atoms with van der Waals surface area (Å²) in [6.45, 7) is 3.89. The summed E-state index contributed by atoms with van der Waals surface area (Å²) in [7, 11) is 1.55. The highest BCUT2D eigenvalue weighted by molar-refractivity contribution is 5.96. The SMILES string of the molecule is C#CCCCC(=O)NC(C(=O)NCC(=O)Nc1ccc(COC(=O)NCCCOc2cccc(OC)c2-c2cc(Nc3cnc(C#N)cn3)n[nH]2)cc1)C(C)C. The summed E-state index contributed by atoms with van der Waals surface area (Å²) in [6, 6.07) is 15.0. The molecule has 4 rings (SSSR count). The molecule has 6 N–H and O–H groups in total. The Hall–Kier alpha value is -7.14. The van der Waals surface area contributed by atoms with Crippen LogP contribution >= 0.6 is 0 Å². The van der Waals surface area contributed by atoms with Crippen molar-refractivity contribution in [2.45, 2.75) is 52.2 Å². The molecule has 56 heavy (non-hydrogen) atoms. The lowest BCUT2D eigenvalue weighted by molar-refractivity contribution is -0.130. The summed E-state index contributed by atoms with van der Waals surface area (Å²) in [4.78, 5) is 57.8. The summed E-state index contributed by atoms with van der Waals surface area (Å²) >= 11 is 0. The molecule has 0 saturated heterocycles. The molecular weight excluding hydrogens is 720 g/mol. The predicted molar refractivity (Wildman–Crippen MR) is 206 cm³/mol. The Balaban J connectivity index is 1.16. The molecule has 1 atom stereocenters. The van der Waals surface area contributed by atoms with E-state index < -0.39 is 23.9 Å². The number of nitrogens with zero attached hydrogens (tertiary/aromatic N) is 4. The molecule has 0 aliphatic rings. The number of rotatable bonds is 20. The van der Waals surface area contributed by atoms with E-state index in [9.17, 15) is 19.2 Å². The lowest BCUT2D eigenvalue weighted by atomic mass is 10.0. The number of nitriles is 1. The minimum Gasteiger partial charge on any atom is -0.496 e. The maximum atomic E-state index is 12.7. The highest BCUT2D eigenvalue weighted by atomic mass is 16.5. The quantitative estimate of drug-likeness (QED) is 0.0550. The van der Waals surface area contributed by atoms with E-state index in [1.165, 1.54) is 12.4 Å². The van der Waals surface area contributed by atoms with Gasteiger partial charge in [0.1, 0.15) is 36.0 Å². The van der Waals surface area contributed by atoms with Gasteiger partial charge >= 0.3 is 6.09 Å². The lowest BCUT2D eigenvalue weighted by Crippen LogP contribution is -2.51. The molecule has 1 unspecified atom stereocenters.